The summed E-state index contributed by atoms with van der Waals surface area (Å²) in [5, 5.41) is 0. The molecule has 0 aromatic heterocycles. The molecule has 0 N–H and O–H groups in total. The molecular formula is C11H11F3O3. The van der Waals surface area contributed by atoms with Crippen LogP contribution in [-0.2, 0) is 4.74 Å². The van der Waals surface area contributed by atoms with E-state index in [-0.39, 0.29) is 12.5 Å². The van der Waals surface area contributed by atoms with Crippen LogP contribution in [0.3, 0.4) is 0 Å². The fourth-order valence-electron chi connectivity index (χ4n) is 1.29. The highest BCUT2D eigenvalue weighted by Crippen LogP contribution is 2.30. The first-order chi connectivity index (χ1) is 7.88. The van der Waals surface area contributed by atoms with Gasteiger partial charge in [0.1, 0.15) is 5.75 Å². The molecule has 0 aliphatic carbocycles. The Bertz CT molecular complexity index is 413. The van der Waals surface area contributed by atoms with Crippen molar-refractivity contribution in [3.05, 3.63) is 29.3 Å². The number of alkyl halides is 3. The molecule has 0 atom stereocenters. The number of halogens is 3. The number of carbonyl (C=O) groups is 1. The van der Waals surface area contributed by atoms with Crippen LogP contribution < -0.4 is 4.74 Å². The lowest BCUT2D eigenvalue weighted by Crippen LogP contribution is -2.23. The van der Waals surface area contributed by atoms with Gasteiger partial charge in [-0.1, -0.05) is 12.1 Å². The molecule has 17 heavy (non-hydrogen) atoms. The lowest BCUT2D eigenvalue weighted by molar-refractivity contribution is -0.0888. The minimum absolute atomic E-state index is 0.100. The third-order valence-corrected chi connectivity index (χ3v) is 2.04. The number of benzene rings is 1. The molecule has 0 radical (unpaired) electrons. The Morgan fingerprint density at radius 1 is 1.35 bits per heavy atom. The van der Waals surface area contributed by atoms with Gasteiger partial charge in [0.2, 0.25) is 0 Å². The normalized spacial score (nSPS) is 11.4. The Kier molecular flexibility index (Phi) is 4.11. The van der Waals surface area contributed by atoms with Crippen LogP contribution in [-0.4, -0.2) is 25.9 Å². The quantitative estimate of drug-likeness (QED) is 0.607. The second kappa shape index (κ2) is 5.18. The monoisotopic (exact) mass is 248 g/mol. The Balaban J connectivity index is 3.15. The second-order valence-corrected chi connectivity index (χ2v) is 3.33. The number of para-hydroxylation sites is 1. The maximum Gasteiger partial charge on any atom is 0.455 e. The number of rotatable bonds is 4. The molecule has 0 aliphatic rings. The third kappa shape index (κ3) is 3.20. The number of carbonyl (C=O) groups excluding carboxylic acids is 1. The number of ketones is 1. The zero-order chi connectivity index (χ0) is 13.1. The smallest absolute Gasteiger partial charge is 0.455 e. The summed E-state index contributed by atoms with van der Waals surface area (Å²) in [6.07, 6.45) is -4.92. The molecule has 0 bridgehead atoms. The van der Waals surface area contributed by atoms with Gasteiger partial charge < -0.3 is 9.47 Å². The largest absolute Gasteiger partial charge is 0.467 e. The van der Waals surface area contributed by atoms with E-state index < -0.39 is 17.5 Å². The van der Waals surface area contributed by atoms with Gasteiger partial charge in [-0.05, 0) is 18.6 Å². The first-order valence-corrected chi connectivity index (χ1v) is 4.70. The maximum atomic E-state index is 12.3. The predicted octanol–water partition coefficient (Wildman–Crippen LogP) is 2.72. The lowest BCUT2D eigenvalue weighted by Gasteiger charge is -2.13. The molecule has 0 amide bonds. The molecule has 0 fully saturated rings. The van der Waals surface area contributed by atoms with Gasteiger partial charge in [0.05, 0.1) is 5.56 Å². The summed E-state index contributed by atoms with van der Waals surface area (Å²) in [7, 11) is 1.34. The molecule has 1 rings (SSSR count). The van der Waals surface area contributed by atoms with Gasteiger partial charge in [-0.25, -0.2) is 0 Å². The maximum absolute atomic E-state index is 12.3. The fraction of sp³-hybridized carbons (Fsp3) is 0.364. The van der Waals surface area contributed by atoms with Crippen LogP contribution in [0.2, 0.25) is 0 Å². The molecule has 0 unspecified atom stereocenters. The van der Waals surface area contributed by atoms with Crippen LogP contribution >= 0.6 is 0 Å². The van der Waals surface area contributed by atoms with Crippen molar-refractivity contribution in [1.29, 1.82) is 0 Å². The minimum atomic E-state index is -4.92. The van der Waals surface area contributed by atoms with Crippen molar-refractivity contribution in [2.24, 2.45) is 0 Å². The van der Waals surface area contributed by atoms with E-state index in [1.165, 1.54) is 13.2 Å². The Morgan fingerprint density at radius 3 is 2.53 bits per heavy atom. The number of methoxy groups -OCH3 is 1. The summed E-state index contributed by atoms with van der Waals surface area (Å²) in [5.74, 6) is -2.02. The number of hydrogen-bond donors (Lipinski definition) is 0. The summed E-state index contributed by atoms with van der Waals surface area (Å²) in [4.78, 5) is 11.2. The van der Waals surface area contributed by atoms with Gasteiger partial charge in [-0.3, -0.25) is 4.79 Å². The first-order valence-electron chi connectivity index (χ1n) is 4.70. The average Bonchev–Trinajstić information content (AvgIpc) is 2.25. The van der Waals surface area contributed by atoms with Gasteiger partial charge in [0.25, 0.3) is 5.78 Å². The van der Waals surface area contributed by atoms with Crippen molar-refractivity contribution in [2.75, 3.05) is 13.9 Å². The topological polar surface area (TPSA) is 35.5 Å². The zero-order valence-electron chi connectivity index (χ0n) is 9.30. The van der Waals surface area contributed by atoms with Crippen LogP contribution in [0.1, 0.15) is 15.9 Å². The lowest BCUT2D eigenvalue weighted by atomic mass is 10.1. The Labute approximate surface area is 96.1 Å². The van der Waals surface area contributed by atoms with Gasteiger partial charge in [-0.15, -0.1) is 0 Å². The molecule has 3 nitrogen and oxygen atoms in total. The first kappa shape index (κ1) is 13.5. The van der Waals surface area contributed by atoms with Crippen molar-refractivity contribution in [1.82, 2.24) is 0 Å². The molecule has 0 aliphatic heterocycles. The highest BCUT2D eigenvalue weighted by atomic mass is 19.4. The zero-order valence-corrected chi connectivity index (χ0v) is 9.30. The molecule has 6 heteroatoms. The van der Waals surface area contributed by atoms with E-state index in [0.717, 1.165) is 6.07 Å². The molecule has 0 saturated heterocycles. The molecular weight excluding hydrogens is 237 g/mol. The van der Waals surface area contributed by atoms with Crippen molar-refractivity contribution < 1.29 is 27.4 Å². The standard InChI is InChI=1S/C11H11F3O3/c1-7-4-3-5-8(9(7)17-6-16-2)10(15)11(12,13)14/h3-5H,6H2,1-2H3. The van der Waals surface area contributed by atoms with Gasteiger partial charge in [-0.2, -0.15) is 13.2 Å². The fourth-order valence-corrected chi connectivity index (χ4v) is 1.29. The SMILES string of the molecule is COCOc1c(C)cccc1C(=O)C(F)(F)F. The molecule has 0 saturated carbocycles. The summed E-state index contributed by atoms with van der Waals surface area (Å²) < 4.78 is 46.6. The van der Waals surface area contributed by atoms with Crippen LogP contribution in [0.4, 0.5) is 13.2 Å². The van der Waals surface area contributed by atoms with Gasteiger partial charge in [0, 0.05) is 7.11 Å². The van der Waals surface area contributed by atoms with E-state index in [2.05, 4.69) is 4.74 Å². The summed E-state index contributed by atoms with van der Waals surface area (Å²) in [6.45, 7) is 1.33. The third-order valence-electron chi connectivity index (χ3n) is 2.04. The highest BCUT2D eigenvalue weighted by Gasteiger charge is 2.41. The summed E-state index contributed by atoms with van der Waals surface area (Å²) in [6, 6.07) is 4.00. The molecule has 1 aromatic carbocycles. The summed E-state index contributed by atoms with van der Waals surface area (Å²) in [5.41, 5.74) is -0.0632. The minimum Gasteiger partial charge on any atom is -0.467 e. The van der Waals surface area contributed by atoms with Gasteiger partial charge in [0.15, 0.2) is 6.79 Å². The number of Topliss-reactive ketones (excluding diaryl/α,β-unsaturated/α-hetero) is 1. The van der Waals surface area contributed by atoms with Crippen LogP contribution in [0, 0.1) is 6.92 Å². The number of hydrogen-bond acceptors (Lipinski definition) is 3. The highest BCUT2D eigenvalue weighted by molar-refractivity contribution is 6.02. The molecule has 1 aromatic rings. The average molecular weight is 248 g/mol. The Hall–Kier alpha value is -1.56. The van der Waals surface area contributed by atoms with E-state index in [1.807, 2.05) is 0 Å². The van der Waals surface area contributed by atoms with E-state index in [4.69, 9.17) is 4.74 Å². The molecule has 94 valence electrons. The van der Waals surface area contributed by atoms with Crippen molar-refractivity contribution in [3.8, 4) is 5.75 Å². The summed E-state index contributed by atoms with van der Waals surface area (Å²) >= 11 is 0. The van der Waals surface area contributed by atoms with E-state index in [1.54, 1.807) is 13.0 Å². The molecule has 0 heterocycles. The molecule has 0 spiro atoms. The van der Waals surface area contributed by atoms with E-state index in [0.29, 0.717) is 5.56 Å². The van der Waals surface area contributed by atoms with Crippen LogP contribution in [0.25, 0.3) is 0 Å². The van der Waals surface area contributed by atoms with E-state index in [9.17, 15) is 18.0 Å². The van der Waals surface area contributed by atoms with Crippen molar-refractivity contribution >= 4 is 5.78 Å². The predicted molar refractivity (Wildman–Crippen MR) is 54.1 cm³/mol. The van der Waals surface area contributed by atoms with Crippen LogP contribution in [0.5, 0.6) is 5.75 Å². The van der Waals surface area contributed by atoms with Crippen LogP contribution in [0.15, 0.2) is 18.2 Å². The second-order valence-electron chi connectivity index (χ2n) is 3.33. The van der Waals surface area contributed by atoms with Crippen molar-refractivity contribution in [3.63, 3.8) is 0 Å². The van der Waals surface area contributed by atoms with Crippen molar-refractivity contribution in [2.45, 2.75) is 13.1 Å². The number of ether oxygens (including phenoxy) is 2. The van der Waals surface area contributed by atoms with E-state index >= 15 is 0 Å². The van der Waals surface area contributed by atoms with Gasteiger partial charge >= 0.3 is 6.18 Å². The number of aryl methyl sites for hydroxylation is 1. The Morgan fingerprint density at radius 2 is 2.00 bits per heavy atom.